The summed E-state index contributed by atoms with van der Waals surface area (Å²) in [5, 5.41) is 0.836. The highest BCUT2D eigenvalue weighted by molar-refractivity contribution is 8.00. The van der Waals surface area contributed by atoms with Crippen LogP contribution in [0.25, 0.3) is 0 Å². The zero-order valence-corrected chi connectivity index (χ0v) is 18.3. The van der Waals surface area contributed by atoms with Crippen molar-refractivity contribution in [2.45, 2.75) is 24.9 Å². The number of carbonyl (C=O) groups is 1. The van der Waals surface area contributed by atoms with Crippen LogP contribution in [0.5, 0.6) is 5.88 Å². The van der Waals surface area contributed by atoms with Crippen molar-refractivity contribution in [2.75, 3.05) is 56.5 Å². The molecule has 1 aromatic heterocycles. The van der Waals surface area contributed by atoms with Gasteiger partial charge in [-0.05, 0) is 25.5 Å². The number of ether oxygens (including phenoxy) is 1. The largest absolute Gasteiger partial charge is 0.476 e. The van der Waals surface area contributed by atoms with Gasteiger partial charge in [0.05, 0.1) is 12.4 Å². The molecule has 3 heterocycles. The summed E-state index contributed by atoms with van der Waals surface area (Å²) in [4.78, 5) is 28.0. The topological polar surface area (TPSA) is 61.8 Å². The number of hydrogen-bond donors (Lipinski definition) is 0. The van der Waals surface area contributed by atoms with E-state index in [0.717, 1.165) is 56.4 Å². The molecule has 0 saturated carbocycles. The van der Waals surface area contributed by atoms with Crippen molar-refractivity contribution < 1.29 is 9.53 Å². The molecule has 1 aromatic carbocycles. The monoisotopic (exact) mass is 427 g/mol. The molecule has 2 aliphatic rings. The molecule has 0 unspecified atom stereocenters. The third kappa shape index (κ3) is 5.11. The molecule has 30 heavy (non-hydrogen) atoms. The molecule has 160 valence electrons. The van der Waals surface area contributed by atoms with Crippen LogP contribution in [0.4, 0.5) is 5.69 Å². The highest BCUT2D eigenvalue weighted by Gasteiger charge is 2.30. The van der Waals surface area contributed by atoms with Crippen molar-refractivity contribution in [2.24, 2.45) is 0 Å². The van der Waals surface area contributed by atoms with E-state index in [1.165, 1.54) is 23.7 Å². The van der Waals surface area contributed by atoms with Gasteiger partial charge in [-0.3, -0.25) is 9.69 Å². The van der Waals surface area contributed by atoms with Gasteiger partial charge in [0.2, 0.25) is 11.8 Å². The van der Waals surface area contributed by atoms with Crippen molar-refractivity contribution in [3.8, 4) is 5.88 Å². The van der Waals surface area contributed by atoms with Crippen LogP contribution >= 0.6 is 11.8 Å². The molecule has 1 saturated heterocycles. The van der Waals surface area contributed by atoms with Crippen molar-refractivity contribution in [1.29, 1.82) is 0 Å². The molecule has 8 heteroatoms. The van der Waals surface area contributed by atoms with Gasteiger partial charge in [-0.25, -0.2) is 4.98 Å². The first-order valence-electron chi connectivity index (χ1n) is 10.6. The molecule has 0 spiro atoms. The summed E-state index contributed by atoms with van der Waals surface area (Å²) < 4.78 is 5.67. The second kappa shape index (κ2) is 10.2. The van der Waals surface area contributed by atoms with Crippen molar-refractivity contribution in [3.63, 3.8) is 0 Å². The molecular weight excluding hydrogens is 398 g/mol. The lowest BCUT2D eigenvalue weighted by Gasteiger charge is -2.35. The van der Waals surface area contributed by atoms with Gasteiger partial charge in [0.15, 0.2) is 0 Å². The average Bonchev–Trinajstić information content (AvgIpc) is 2.77. The van der Waals surface area contributed by atoms with Crippen LogP contribution < -0.4 is 9.64 Å². The lowest BCUT2D eigenvalue weighted by molar-refractivity contribution is -0.116. The molecule has 0 bridgehead atoms. The van der Waals surface area contributed by atoms with E-state index in [-0.39, 0.29) is 5.91 Å². The number of piperazine rings is 1. The summed E-state index contributed by atoms with van der Waals surface area (Å²) in [6.07, 6.45) is 2.44. The van der Waals surface area contributed by atoms with Crippen LogP contribution in [0.1, 0.15) is 18.9 Å². The third-order valence-electron chi connectivity index (χ3n) is 5.51. The number of anilines is 1. The maximum absolute atomic E-state index is 12.6. The predicted octanol–water partition coefficient (Wildman–Crippen LogP) is 2.52. The van der Waals surface area contributed by atoms with E-state index < -0.39 is 0 Å². The number of benzene rings is 1. The summed E-state index contributed by atoms with van der Waals surface area (Å²) in [5.41, 5.74) is 2.12. The molecule has 2 aromatic rings. The molecule has 0 atom stereocenters. The summed E-state index contributed by atoms with van der Waals surface area (Å²) in [6, 6.07) is 10.7. The van der Waals surface area contributed by atoms with Crippen LogP contribution in [-0.4, -0.2) is 77.3 Å². The molecule has 0 N–H and O–H groups in total. The van der Waals surface area contributed by atoms with Crippen molar-refractivity contribution in [3.05, 3.63) is 42.2 Å². The first-order chi connectivity index (χ1) is 14.7. The van der Waals surface area contributed by atoms with E-state index in [1.54, 1.807) is 0 Å². The zero-order valence-electron chi connectivity index (χ0n) is 17.5. The van der Waals surface area contributed by atoms with Gasteiger partial charge in [-0.2, -0.15) is 4.98 Å². The van der Waals surface area contributed by atoms with Gasteiger partial charge in [0.1, 0.15) is 17.0 Å². The first kappa shape index (κ1) is 21.1. The Morgan fingerprint density at radius 2 is 1.80 bits per heavy atom. The minimum Gasteiger partial charge on any atom is -0.476 e. The molecule has 1 amide bonds. The fraction of sp³-hybridized carbons (Fsp3) is 0.500. The van der Waals surface area contributed by atoms with E-state index in [2.05, 4.69) is 50.1 Å². The number of rotatable bonds is 8. The molecule has 4 rings (SSSR count). The Morgan fingerprint density at radius 3 is 2.57 bits per heavy atom. The van der Waals surface area contributed by atoms with Crippen LogP contribution in [0.2, 0.25) is 0 Å². The average molecular weight is 428 g/mol. The van der Waals surface area contributed by atoms with E-state index in [1.807, 2.05) is 11.8 Å². The Labute approximate surface area is 182 Å². The van der Waals surface area contributed by atoms with E-state index in [4.69, 9.17) is 4.74 Å². The summed E-state index contributed by atoms with van der Waals surface area (Å²) in [5.74, 6) is 1.04. The smallest absolute Gasteiger partial charge is 0.242 e. The minimum atomic E-state index is 0.107. The van der Waals surface area contributed by atoms with Gasteiger partial charge in [-0.15, -0.1) is 0 Å². The highest BCUT2D eigenvalue weighted by Crippen LogP contribution is 2.39. The summed E-state index contributed by atoms with van der Waals surface area (Å²) in [6.45, 7) is 9.43. The Hall–Kier alpha value is -2.16. The molecule has 2 aliphatic heterocycles. The van der Waals surface area contributed by atoms with Gasteiger partial charge >= 0.3 is 0 Å². The standard InChI is InChI=1S/C22H29N5O2S/c1-2-29-21-20-22(24-17-23-21)30-16-19(28)27(20)10-6-9-25-11-13-26(14-12-25)15-18-7-4-3-5-8-18/h3-5,7-8,17H,2,6,9-16H2,1H3. The molecule has 1 fully saturated rings. The lowest BCUT2D eigenvalue weighted by atomic mass is 10.2. The number of aromatic nitrogens is 2. The highest BCUT2D eigenvalue weighted by atomic mass is 32.2. The quantitative estimate of drug-likeness (QED) is 0.600. The van der Waals surface area contributed by atoms with Crippen LogP contribution in [-0.2, 0) is 11.3 Å². The number of nitrogens with zero attached hydrogens (tertiary/aromatic N) is 5. The van der Waals surface area contributed by atoms with Gasteiger partial charge in [-0.1, -0.05) is 42.1 Å². The molecule has 0 radical (unpaired) electrons. The zero-order chi connectivity index (χ0) is 20.8. The first-order valence-corrected chi connectivity index (χ1v) is 11.6. The Balaban J connectivity index is 1.28. The lowest BCUT2D eigenvalue weighted by Crippen LogP contribution is -2.46. The van der Waals surface area contributed by atoms with Gasteiger partial charge in [0.25, 0.3) is 0 Å². The van der Waals surface area contributed by atoms with E-state index in [9.17, 15) is 4.79 Å². The van der Waals surface area contributed by atoms with Gasteiger partial charge < -0.3 is 14.5 Å². The molecular formula is C22H29N5O2S. The number of thioether (sulfide) groups is 1. The summed E-state index contributed by atoms with van der Waals surface area (Å²) in [7, 11) is 0. The Morgan fingerprint density at radius 1 is 1.03 bits per heavy atom. The van der Waals surface area contributed by atoms with E-state index >= 15 is 0 Å². The van der Waals surface area contributed by atoms with Crippen LogP contribution in [0, 0.1) is 0 Å². The Kier molecular flexibility index (Phi) is 7.20. The molecule has 0 aliphatic carbocycles. The number of hydrogen-bond acceptors (Lipinski definition) is 7. The predicted molar refractivity (Wildman–Crippen MR) is 119 cm³/mol. The van der Waals surface area contributed by atoms with Crippen LogP contribution in [0.15, 0.2) is 41.7 Å². The SMILES string of the molecule is CCOc1ncnc2c1N(CCCN1CCN(Cc3ccccc3)CC1)C(=O)CS2. The second-order valence-corrected chi connectivity index (χ2v) is 8.52. The number of fused-ring (bicyclic) bond motifs is 1. The second-order valence-electron chi connectivity index (χ2n) is 7.56. The minimum absolute atomic E-state index is 0.107. The third-order valence-corrected chi connectivity index (χ3v) is 6.47. The fourth-order valence-corrected chi connectivity index (χ4v) is 4.83. The normalized spacial score (nSPS) is 17.8. The van der Waals surface area contributed by atoms with E-state index in [0.29, 0.717) is 24.8 Å². The fourth-order valence-electron chi connectivity index (χ4n) is 3.96. The molecule has 7 nitrogen and oxygen atoms in total. The van der Waals surface area contributed by atoms with Gasteiger partial charge in [0, 0.05) is 39.3 Å². The maximum atomic E-state index is 12.6. The number of amides is 1. The van der Waals surface area contributed by atoms with Crippen molar-refractivity contribution >= 4 is 23.4 Å². The Bertz CT molecular complexity index is 843. The summed E-state index contributed by atoms with van der Waals surface area (Å²) >= 11 is 1.46. The van der Waals surface area contributed by atoms with Crippen LogP contribution in [0.3, 0.4) is 0 Å². The van der Waals surface area contributed by atoms with Crippen molar-refractivity contribution in [1.82, 2.24) is 19.8 Å². The maximum Gasteiger partial charge on any atom is 0.242 e. The number of carbonyl (C=O) groups excluding carboxylic acids is 1.